The van der Waals surface area contributed by atoms with E-state index in [-0.39, 0.29) is 23.8 Å². The second-order valence-electron chi connectivity index (χ2n) is 7.86. The first-order chi connectivity index (χ1) is 12.9. The fourth-order valence-electron chi connectivity index (χ4n) is 3.09. The highest BCUT2D eigenvalue weighted by Crippen LogP contribution is 2.32. The minimum Gasteiger partial charge on any atom is -0.347 e. The molecule has 0 bridgehead atoms. The number of anilines is 1. The molecule has 0 saturated carbocycles. The van der Waals surface area contributed by atoms with Crippen LogP contribution in [0.5, 0.6) is 0 Å². The van der Waals surface area contributed by atoms with Crippen molar-refractivity contribution in [2.24, 2.45) is 0 Å². The van der Waals surface area contributed by atoms with E-state index < -0.39 is 29.1 Å². The third-order valence-electron chi connectivity index (χ3n) is 4.35. The van der Waals surface area contributed by atoms with Crippen molar-refractivity contribution in [2.45, 2.75) is 45.5 Å². The van der Waals surface area contributed by atoms with Gasteiger partial charge in [-0.25, -0.2) is 0 Å². The Balaban J connectivity index is 1.96. The number of hydrogen-bond acceptors (Lipinski definition) is 3. The summed E-state index contributed by atoms with van der Waals surface area (Å²) < 4.78 is 39.9. The Bertz CT molecular complexity index is 911. The molecule has 2 aromatic rings. The number of hydrogen-bond donors (Lipinski definition) is 1. The zero-order valence-electron chi connectivity index (χ0n) is 16.0. The van der Waals surface area contributed by atoms with Crippen LogP contribution in [0.4, 0.5) is 18.9 Å². The fraction of sp³-hybridized carbons (Fsp3) is 0.421. The number of halogens is 3. The van der Waals surface area contributed by atoms with Crippen LogP contribution in [0.2, 0.25) is 0 Å². The van der Waals surface area contributed by atoms with Crippen LogP contribution in [0.25, 0.3) is 0 Å². The van der Waals surface area contributed by atoms with Crippen molar-refractivity contribution in [3.8, 4) is 0 Å². The maximum Gasteiger partial charge on any atom is 0.416 e. The molecule has 6 nitrogen and oxygen atoms in total. The minimum atomic E-state index is -4.45. The van der Waals surface area contributed by atoms with Gasteiger partial charge in [-0.05, 0) is 52.0 Å². The molecule has 3 rings (SSSR count). The van der Waals surface area contributed by atoms with E-state index in [0.717, 1.165) is 12.1 Å². The van der Waals surface area contributed by atoms with Crippen molar-refractivity contribution < 1.29 is 22.8 Å². The van der Waals surface area contributed by atoms with E-state index in [1.807, 2.05) is 27.7 Å². The first-order valence-corrected chi connectivity index (χ1v) is 8.77. The second kappa shape index (κ2) is 6.65. The quantitative estimate of drug-likeness (QED) is 0.846. The number of nitrogens with one attached hydrogen (secondary N) is 1. The predicted molar refractivity (Wildman–Crippen MR) is 97.3 cm³/mol. The van der Waals surface area contributed by atoms with Gasteiger partial charge in [0.1, 0.15) is 5.69 Å². The molecule has 0 fully saturated rings. The first kappa shape index (κ1) is 19.9. The van der Waals surface area contributed by atoms with Crippen LogP contribution in [-0.2, 0) is 6.18 Å². The molecule has 0 spiro atoms. The Morgan fingerprint density at radius 1 is 1.18 bits per heavy atom. The molecule has 1 atom stereocenters. The average Bonchev–Trinajstić information content (AvgIpc) is 3.02. The van der Waals surface area contributed by atoms with Crippen LogP contribution >= 0.6 is 0 Å². The molecular weight excluding hydrogens is 373 g/mol. The summed E-state index contributed by atoms with van der Waals surface area (Å²) in [7, 11) is 0. The molecule has 0 aliphatic carbocycles. The van der Waals surface area contributed by atoms with Gasteiger partial charge in [0.25, 0.3) is 11.8 Å². The normalized spacial score (nSPS) is 17.5. The van der Waals surface area contributed by atoms with Gasteiger partial charge in [0, 0.05) is 17.8 Å². The highest BCUT2D eigenvalue weighted by Gasteiger charge is 2.36. The number of fused-ring (bicyclic) bond motifs is 1. The summed E-state index contributed by atoms with van der Waals surface area (Å²) in [5, 5.41) is 6.97. The van der Waals surface area contributed by atoms with Crippen molar-refractivity contribution in [1.82, 2.24) is 15.1 Å². The Morgan fingerprint density at radius 2 is 1.79 bits per heavy atom. The summed E-state index contributed by atoms with van der Waals surface area (Å²) in [4.78, 5) is 27.0. The molecular formula is C19H21F3N4O2. The number of carbonyl (C=O) groups excluding carboxylic acids is 2. The summed E-state index contributed by atoms with van der Waals surface area (Å²) in [6.45, 7) is 7.52. The largest absolute Gasteiger partial charge is 0.416 e. The van der Waals surface area contributed by atoms with E-state index in [0.29, 0.717) is 5.69 Å². The lowest BCUT2D eigenvalue weighted by atomic mass is 10.1. The number of benzene rings is 1. The zero-order chi connectivity index (χ0) is 20.9. The van der Waals surface area contributed by atoms with Gasteiger partial charge in [-0.2, -0.15) is 18.3 Å². The van der Waals surface area contributed by atoms with Crippen molar-refractivity contribution >= 4 is 17.5 Å². The molecule has 9 heteroatoms. The number of rotatable bonds is 2. The van der Waals surface area contributed by atoms with E-state index in [9.17, 15) is 22.8 Å². The SMILES string of the molecule is C[C@H]1CN(c2ccc(C(F)(F)F)cc2)C(=O)c2c(C(=O)NC(C)(C)C)cnn21. The summed E-state index contributed by atoms with van der Waals surface area (Å²) in [5.41, 5.74) is -0.685. The number of amides is 2. The predicted octanol–water partition coefficient (Wildman–Crippen LogP) is 3.65. The first-order valence-electron chi connectivity index (χ1n) is 8.77. The maximum absolute atomic E-state index is 13.1. The van der Waals surface area contributed by atoms with Crippen molar-refractivity contribution in [3.05, 3.63) is 47.3 Å². The van der Waals surface area contributed by atoms with Gasteiger partial charge in [0.05, 0.1) is 23.4 Å². The minimum absolute atomic E-state index is 0.125. The Labute approximate surface area is 160 Å². The topological polar surface area (TPSA) is 67.2 Å². The van der Waals surface area contributed by atoms with Gasteiger partial charge in [-0.1, -0.05) is 0 Å². The molecule has 2 heterocycles. The average molecular weight is 394 g/mol. The van der Waals surface area contributed by atoms with Gasteiger partial charge in [0.2, 0.25) is 0 Å². The van der Waals surface area contributed by atoms with Crippen molar-refractivity contribution in [2.75, 3.05) is 11.4 Å². The molecule has 1 aromatic heterocycles. The molecule has 1 aromatic carbocycles. The molecule has 0 radical (unpaired) electrons. The van der Waals surface area contributed by atoms with Crippen LogP contribution in [0, 0.1) is 0 Å². The number of alkyl halides is 3. The fourth-order valence-corrected chi connectivity index (χ4v) is 3.09. The summed E-state index contributed by atoms with van der Waals surface area (Å²) >= 11 is 0. The molecule has 0 saturated heterocycles. The molecule has 1 aliphatic rings. The van der Waals surface area contributed by atoms with E-state index in [4.69, 9.17) is 0 Å². The highest BCUT2D eigenvalue weighted by molar-refractivity contribution is 6.12. The molecule has 1 N–H and O–H groups in total. The van der Waals surface area contributed by atoms with Crippen molar-refractivity contribution in [3.63, 3.8) is 0 Å². The van der Waals surface area contributed by atoms with Gasteiger partial charge < -0.3 is 10.2 Å². The third kappa shape index (κ3) is 3.74. The lowest BCUT2D eigenvalue weighted by Crippen LogP contribution is -2.45. The lowest BCUT2D eigenvalue weighted by Gasteiger charge is -2.32. The summed E-state index contributed by atoms with van der Waals surface area (Å²) in [6.07, 6.45) is -3.10. The van der Waals surface area contributed by atoms with E-state index in [1.165, 1.54) is 27.9 Å². The van der Waals surface area contributed by atoms with Gasteiger partial charge >= 0.3 is 6.18 Å². The number of carbonyl (C=O) groups is 2. The molecule has 0 unspecified atom stereocenters. The van der Waals surface area contributed by atoms with Gasteiger partial charge in [-0.15, -0.1) is 0 Å². The smallest absolute Gasteiger partial charge is 0.347 e. The highest BCUT2D eigenvalue weighted by atomic mass is 19.4. The monoisotopic (exact) mass is 394 g/mol. The van der Waals surface area contributed by atoms with E-state index >= 15 is 0 Å². The summed E-state index contributed by atoms with van der Waals surface area (Å²) in [5.74, 6) is -0.905. The molecule has 28 heavy (non-hydrogen) atoms. The van der Waals surface area contributed by atoms with Crippen molar-refractivity contribution in [1.29, 1.82) is 0 Å². The van der Waals surface area contributed by atoms with Crippen LogP contribution < -0.4 is 10.2 Å². The number of aromatic nitrogens is 2. The lowest BCUT2D eigenvalue weighted by molar-refractivity contribution is -0.137. The molecule has 1 aliphatic heterocycles. The molecule has 150 valence electrons. The van der Waals surface area contributed by atoms with Gasteiger partial charge in [-0.3, -0.25) is 14.3 Å². The second-order valence-corrected chi connectivity index (χ2v) is 7.86. The van der Waals surface area contributed by atoms with E-state index in [2.05, 4.69) is 10.4 Å². The number of nitrogens with zero attached hydrogens (tertiary/aromatic N) is 3. The molecule has 2 amide bonds. The Hall–Kier alpha value is -2.84. The van der Waals surface area contributed by atoms with Gasteiger partial charge in [0.15, 0.2) is 0 Å². The van der Waals surface area contributed by atoms with Crippen LogP contribution in [0.15, 0.2) is 30.5 Å². The third-order valence-corrected chi connectivity index (χ3v) is 4.35. The maximum atomic E-state index is 13.1. The van der Waals surface area contributed by atoms with E-state index in [1.54, 1.807) is 0 Å². The van der Waals surface area contributed by atoms with Crippen LogP contribution in [0.3, 0.4) is 0 Å². The Morgan fingerprint density at radius 3 is 2.32 bits per heavy atom. The Kier molecular flexibility index (Phi) is 4.73. The standard InChI is InChI=1S/C19H21F3N4O2/c1-11-10-25(13-7-5-12(6-8-13)19(20,21)22)17(28)15-14(9-23-26(11)15)16(27)24-18(2,3)4/h5-9,11H,10H2,1-4H3,(H,24,27)/t11-/m0/s1. The van der Waals surface area contributed by atoms with Crippen LogP contribution in [0.1, 0.15) is 60.1 Å². The zero-order valence-corrected chi connectivity index (χ0v) is 16.0. The van der Waals surface area contributed by atoms with Crippen LogP contribution in [-0.4, -0.2) is 33.7 Å². The summed E-state index contributed by atoms with van der Waals surface area (Å²) in [6, 6.07) is 4.15.